The average molecular weight is 301 g/mol. The van der Waals surface area contributed by atoms with Crippen LogP contribution in [0.1, 0.15) is 5.56 Å². The molecule has 2 aromatic rings. The molecule has 21 heavy (non-hydrogen) atoms. The molecule has 1 heterocycles. The zero-order valence-electron chi connectivity index (χ0n) is 11.3. The monoisotopic (exact) mass is 301 g/mol. The van der Waals surface area contributed by atoms with Crippen LogP contribution in [0, 0.1) is 21.4 Å². The van der Waals surface area contributed by atoms with Gasteiger partial charge in [0, 0.05) is 25.8 Å². The Morgan fingerprint density at radius 3 is 2.48 bits per heavy atom. The highest BCUT2D eigenvalue weighted by Gasteiger charge is 2.16. The molecule has 106 valence electrons. The number of hydrogen-bond donors (Lipinski definition) is 0. The van der Waals surface area contributed by atoms with Crippen molar-refractivity contribution < 1.29 is 4.92 Å². The average Bonchev–Trinajstić information content (AvgIpc) is 2.89. The van der Waals surface area contributed by atoms with Crippen LogP contribution in [-0.4, -0.2) is 19.0 Å². The quantitative estimate of drug-likeness (QED) is 0.484. The van der Waals surface area contributed by atoms with Gasteiger partial charge in [0.1, 0.15) is 6.07 Å². The first kappa shape index (κ1) is 14.6. The molecule has 2 rings (SSSR count). The maximum atomic E-state index is 10.7. The van der Waals surface area contributed by atoms with E-state index in [-0.39, 0.29) is 15.6 Å². The number of nitriles is 1. The number of hydrogen-bond acceptors (Lipinski definition) is 7. The number of nitro groups is 1. The van der Waals surface area contributed by atoms with E-state index in [2.05, 4.69) is 10.2 Å². The van der Waals surface area contributed by atoms with Crippen molar-refractivity contribution in [2.24, 2.45) is 10.2 Å². The van der Waals surface area contributed by atoms with Crippen LogP contribution in [0.4, 0.5) is 21.4 Å². The smallest absolute Gasteiger partial charge is 0.327 e. The summed E-state index contributed by atoms with van der Waals surface area (Å²) in [6.45, 7) is 0. The number of nitrogens with zero attached hydrogens (tertiary/aromatic N) is 5. The van der Waals surface area contributed by atoms with Crippen molar-refractivity contribution in [2.75, 3.05) is 19.0 Å². The van der Waals surface area contributed by atoms with E-state index in [1.165, 1.54) is 6.07 Å². The zero-order valence-corrected chi connectivity index (χ0v) is 12.2. The van der Waals surface area contributed by atoms with E-state index in [0.29, 0.717) is 5.69 Å². The van der Waals surface area contributed by atoms with Gasteiger partial charge < -0.3 is 4.90 Å². The molecule has 8 heteroatoms. The topological polar surface area (TPSA) is 94.9 Å². The summed E-state index contributed by atoms with van der Waals surface area (Å²) < 4.78 is 0. The van der Waals surface area contributed by atoms with Crippen molar-refractivity contribution in [3.05, 3.63) is 46.0 Å². The lowest BCUT2D eigenvalue weighted by Crippen LogP contribution is -2.07. The molecule has 7 nitrogen and oxygen atoms in total. The molecule has 0 spiro atoms. The first-order valence-electron chi connectivity index (χ1n) is 5.88. The molecule has 0 amide bonds. The Morgan fingerprint density at radius 2 is 1.95 bits per heavy atom. The van der Waals surface area contributed by atoms with Crippen LogP contribution in [0.3, 0.4) is 0 Å². The maximum absolute atomic E-state index is 10.7. The molecule has 0 aliphatic rings. The first-order valence-corrected chi connectivity index (χ1v) is 6.70. The van der Waals surface area contributed by atoms with Crippen LogP contribution < -0.4 is 4.90 Å². The highest BCUT2D eigenvalue weighted by atomic mass is 32.1. The van der Waals surface area contributed by atoms with Crippen molar-refractivity contribution in [1.82, 2.24) is 0 Å². The summed E-state index contributed by atoms with van der Waals surface area (Å²) in [4.78, 5) is 12.1. The van der Waals surface area contributed by atoms with E-state index in [0.717, 1.165) is 17.0 Å². The number of rotatable bonds is 4. The first-order chi connectivity index (χ1) is 10.0. The number of azo groups is 1. The van der Waals surface area contributed by atoms with Gasteiger partial charge in [0.15, 0.2) is 5.00 Å². The second-order valence-corrected chi connectivity index (χ2v) is 5.29. The van der Waals surface area contributed by atoms with Crippen LogP contribution in [0.15, 0.2) is 40.6 Å². The van der Waals surface area contributed by atoms with Crippen LogP contribution in [0.25, 0.3) is 0 Å². The minimum atomic E-state index is -0.545. The van der Waals surface area contributed by atoms with Crippen LogP contribution in [-0.2, 0) is 0 Å². The van der Waals surface area contributed by atoms with Gasteiger partial charge in [-0.25, -0.2) is 0 Å². The molecule has 0 saturated heterocycles. The fraction of sp³-hybridized carbons (Fsp3) is 0.154. The van der Waals surface area contributed by atoms with Crippen molar-refractivity contribution in [3.63, 3.8) is 0 Å². The molecular weight excluding hydrogens is 290 g/mol. The summed E-state index contributed by atoms with van der Waals surface area (Å²) in [6.07, 6.45) is 0. The summed E-state index contributed by atoms with van der Waals surface area (Å²) in [5.41, 5.74) is 1.79. The summed E-state index contributed by atoms with van der Waals surface area (Å²) in [5, 5.41) is 27.7. The summed E-state index contributed by atoms with van der Waals surface area (Å²) in [7, 11) is 3.86. The molecular formula is C13H11N5O2S. The standard InChI is InChI=1S/C13H11N5O2S/c1-17(2)11-5-3-10(4-6-11)15-16-13-9(8-14)7-12(21-13)18(19)20/h3-7H,1-2H3. The SMILES string of the molecule is CN(C)c1ccc(N=Nc2sc([N+](=O)[O-])cc2C#N)cc1. The van der Waals surface area contributed by atoms with E-state index < -0.39 is 4.92 Å². The molecule has 0 N–H and O–H groups in total. The van der Waals surface area contributed by atoms with E-state index >= 15 is 0 Å². The van der Waals surface area contributed by atoms with Crippen LogP contribution >= 0.6 is 11.3 Å². The molecule has 0 atom stereocenters. The van der Waals surface area contributed by atoms with E-state index in [1.807, 2.05) is 37.2 Å². The van der Waals surface area contributed by atoms with Gasteiger partial charge in [0.05, 0.1) is 16.2 Å². The van der Waals surface area contributed by atoms with Gasteiger partial charge in [-0.1, -0.05) is 0 Å². The molecule has 0 bridgehead atoms. The molecule has 0 aliphatic heterocycles. The molecule has 0 radical (unpaired) electrons. The third kappa shape index (κ3) is 3.40. The zero-order chi connectivity index (χ0) is 15.4. The van der Waals surface area contributed by atoms with Gasteiger partial charge in [-0.15, -0.1) is 10.2 Å². The van der Waals surface area contributed by atoms with Gasteiger partial charge in [-0.2, -0.15) is 5.26 Å². The fourth-order valence-electron chi connectivity index (χ4n) is 1.53. The van der Waals surface area contributed by atoms with Gasteiger partial charge in [-0.3, -0.25) is 10.1 Å². The molecule has 1 aromatic heterocycles. The van der Waals surface area contributed by atoms with E-state index in [4.69, 9.17) is 5.26 Å². The maximum Gasteiger partial charge on any atom is 0.327 e. The van der Waals surface area contributed by atoms with E-state index in [9.17, 15) is 10.1 Å². The lowest BCUT2D eigenvalue weighted by Gasteiger charge is -2.11. The summed E-state index contributed by atoms with van der Waals surface area (Å²) >= 11 is 0.829. The van der Waals surface area contributed by atoms with Crippen molar-refractivity contribution in [2.45, 2.75) is 0 Å². The molecule has 0 saturated carbocycles. The van der Waals surface area contributed by atoms with Gasteiger partial charge in [0.2, 0.25) is 0 Å². The predicted octanol–water partition coefficient (Wildman–Crippen LogP) is 4.01. The van der Waals surface area contributed by atoms with Crippen LogP contribution in [0.5, 0.6) is 0 Å². The fourth-order valence-corrected chi connectivity index (χ4v) is 2.28. The van der Waals surface area contributed by atoms with Crippen molar-refractivity contribution in [1.29, 1.82) is 5.26 Å². The van der Waals surface area contributed by atoms with E-state index in [1.54, 1.807) is 12.1 Å². The number of thiophene rings is 1. The van der Waals surface area contributed by atoms with Crippen molar-refractivity contribution >= 4 is 32.7 Å². The Morgan fingerprint density at radius 1 is 1.29 bits per heavy atom. The van der Waals surface area contributed by atoms with Crippen molar-refractivity contribution in [3.8, 4) is 6.07 Å². The molecule has 0 unspecified atom stereocenters. The second-order valence-electron chi connectivity index (χ2n) is 4.28. The Kier molecular flexibility index (Phi) is 4.25. The minimum absolute atomic E-state index is 0.122. The summed E-state index contributed by atoms with van der Waals surface area (Å²) in [6, 6.07) is 10.4. The third-order valence-corrected chi connectivity index (χ3v) is 3.59. The number of anilines is 1. The normalized spacial score (nSPS) is 10.5. The lowest BCUT2D eigenvalue weighted by molar-refractivity contribution is -0.380. The highest BCUT2D eigenvalue weighted by Crippen LogP contribution is 2.36. The third-order valence-electron chi connectivity index (χ3n) is 2.62. The van der Waals surface area contributed by atoms with Gasteiger partial charge in [0.25, 0.3) is 0 Å². The Bertz CT molecular complexity index is 728. The van der Waals surface area contributed by atoms with Crippen LogP contribution in [0.2, 0.25) is 0 Å². The lowest BCUT2D eigenvalue weighted by atomic mass is 10.3. The van der Waals surface area contributed by atoms with Gasteiger partial charge >= 0.3 is 5.00 Å². The summed E-state index contributed by atoms with van der Waals surface area (Å²) in [5.74, 6) is 0. The Labute approximate surface area is 124 Å². The molecule has 0 aliphatic carbocycles. The largest absolute Gasteiger partial charge is 0.378 e. The Balaban J connectivity index is 2.25. The Hall–Kier alpha value is -2.79. The highest BCUT2D eigenvalue weighted by molar-refractivity contribution is 7.19. The molecule has 1 aromatic carbocycles. The predicted molar refractivity (Wildman–Crippen MR) is 80.6 cm³/mol. The van der Waals surface area contributed by atoms with Gasteiger partial charge in [-0.05, 0) is 35.6 Å². The number of benzene rings is 1. The molecule has 0 fully saturated rings. The second kappa shape index (κ2) is 6.11. The minimum Gasteiger partial charge on any atom is -0.378 e.